The average molecular weight is 280 g/mol. The van der Waals surface area contributed by atoms with Gasteiger partial charge in [0.15, 0.2) is 0 Å². The first-order valence-electron chi connectivity index (χ1n) is 6.28. The van der Waals surface area contributed by atoms with E-state index in [0.29, 0.717) is 11.3 Å². The largest absolute Gasteiger partial charge is 0.508 e. The Balaban J connectivity index is 1.94. The first-order chi connectivity index (χ1) is 10.1. The van der Waals surface area contributed by atoms with Crippen LogP contribution in [0.2, 0.25) is 0 Å². The number of fused-ring (bicyclic) bond motifs is 1. The van der Waals surface area contributed by atoms with E-state index in [4.69, 9.17) is 10.5 Å². The zero-order valence-corrected chi connectivity index (χ0v) is 11.0. The molecule has 0 fully saturated rings. The van der Waals surface area contributed by atoms with Crippen molar-refractivity contribution in [2.75, 3.05) is 0 Å². The van der Waals surface area contributed by atoms with E-state index in [1.807, 2.05) is 12.1 Å². The Morgan fingerprint density at radius 1 is 1.05 bits per heavy atom. The molecule has 0 saturated heterocycles. The summed E-state index contributed by atoms with van der Waals surface area (Å²) in [6.07, 6.45) is 1.46. The smallest absolute Gasteiger partial charge is 0.248 e. The summed E-state index contributed by atoms with van der Waals surface area (Å²) in [5.74, 6) is 0.493. The molecular formula is C16H12N2O3. The summed E-state index contributed by atoms with van der Waals surface area (Å²) in [6, 6.07) is 13.5. The molecule has 5 nitrogen and oxygen atoms in total. The monoisotopic (exact) mass is 280 g/mol. The lowest BCUT2D eigenvalue weighted by atomic mass is 10.1. The lowest BCUT2D eigenvalue weighted by Gasteiger charge is -2.07. The molecule has 0 saturated carbocycles. The predicted molar refractivity (Wildman–Crippen MR) is 78.4 cm³/mol. The molecule has 1 amide bonds. The molecule has 21 heavy (non-hydrogen) atoms. The SMILES string of the molecule is NC(=O)c1ccnc(Oc2ccc3ccc(O)cc3c2)c1. The number of nitrogens with zero attached hydrogens (tertiary/aromatic N) is 1. The van der Waals surface area contributed by atoms with Gasteiger partial charge in [-0.15, -0.1) is 0 Å². The summed E-state index contributed by atoms with van der Waals surface area (Å²) in [5, 5.41) is 11.3. The Morgan fingerprint density at radius 3 is 2.67 bits per heavy atom. The maximum atomic E-state index is 11.1. The Bertz CT molecular complexity index is 831. The van der Waals surface area contributed by atoms with Gasteiger partial charge in [-0.05, 0) is 41.1 Å². The summed E-state index contributed by atoms with van der Waals surface area (Å²) in [4.78, 5) is 15.2. The lowest BCUT2D eigenvalue weighted by molar-refractivity contribution is 0.1000. The van der Waals surface area contributed by atoms with Crippen LogP contribution in [0.25, 0.3) is 10.8 Å². The van der Waals surface area contributed by atoms with Gasteiger partial charge in [-0.2, -0.15) is 0 Å². The van der Waals surface area contributed by atoms with Gasteiger partial charge in [0.2, 0.25) is 11.8 Å². The van der Waals surface area contributed by atoms with Gasteiger partial charge in [0.1, 0.15) is 11.5 Å². The van der Waals surface area contributed by atoms with E-state index in [2.05, 4.69) is 4.98 Å². The second kappa shape index (κ2) is 5.13. The van der Waals surface area contributed by atoms with Crippen molar-refractivity contribution in [1.82, 2.24) is 4.98 Å². The van der Waals surface area contributed by atoms with Gasteiger partial charge in [0.25, 0.3) is 0 Å². The highest BCUT2D eigenvalue weighted by Gasteiger charge is 2.05. The first-order valence-corrected chi connectivity index (χ1v) is 6.28. The minimum Gasteiger partial charge on any atom is -0.508 e. The number of nitrogens with two attached hydrogens (primary N) is 1. The molecule has 2 aromatic carbocycles. The number of hydrogen-bond donors (Lipinski definition) is 2. The van der Waals surface area contributed by atoms with Crippen LogP contribution in [-0.4, -0.2) is 16.0 Å². The van der Waals surface area contributed by atoms with Crippen LogP contribution in [0.1, 0.15) is 10.4 Å². The highest BCUT2D eigenvalue weighted by molar-refractivity contribution is 5.93. The van der Waals surface area contributed by atoms with Crippen LogP contribution in [-0.2, 0) is 0 Å². The maximum absolute atomic E-state index is 11.1. The van der Waals surface area contributed by atoms with Crippen LogP contribution >= 0.6 is 0 Å². The number of phenols is 1. The standard InChI is InChI=1S/C16H12N2O3/c17-16(20)11-5-6-18-15(9-11)21-14-4-2-10-1-3-13(19)7-12(10)8-14/h1-9,19H,(H2,17,20). The topological polar surface area (TPSA) is 85.4 Å². The van der Waals surface area contributed by atoms with Gasteiger partial charge in [-0.1, -0.05) is 12.1 Å². The van der Waals surface area contributed by atoms with Gasteiger partial charge in [0, 0.05) is 17.8 Å². The molecule has 0 bridgehead atoms. The number of amides is 1. The van der Waals surface area contributed by atoms with Gasteiger partial charge in [-0.3, -0.25) is 4.79 Å². The van der Waals surface area contributed by atoms with Crippen LogP contribution in [0.5, 0.6) is 17.4 Å². The van der Waals surface area contributed by atoms with E-state index in [0.717, 1.165) is 10.8 Å². The normalized spacial score (nSPS) is 10.5. The van der Waals surface area contributed by atoms with E-state index in [-0.39, 0.29) is 11.6 Å². The molecule has 3 N–H and O–H groups in total. The second-order valence-electron chi connectivity index (χ2n) is 4.54. The highest BCUT2D eigenvalue weighted by atomic mass is 16.5. The van der Waals surface area contributed by atoms with Crippen molar-refractivity contribution in [3.8, 4) is 17.4 Å². The summed E-state index contributed by atoms with van der Waals surface area (Å²) in [6.45, 7) is 0. The number of carbonyl (C=O) groups is 1. The Hall–Kier alpha value is -3.08. The third-order valence-electron chi connectivity index (χ3n) is 3.04. The van der Waals surface area contributed by atoms with Gasteiger partial charge in [-0.25, -0.2) is 4.98 Å². The molecule has 3 rings (SSSR count). The number of pyridine rings is 1. The number of carbonyl (C=O) groups excluding carboxylic acids is 1. The second-order valence-corrected chi connectivity index (χ2v) is 4.54. The molecule has 0 aliphatic rings. The molecular weight excluding hydrogens is 268 g/mol. The molecule has 104 valence electrons. The average Bonchev–Trinajstić information content (AvgIpc) is 2.47. The lowest BCUT2D eigenvalue weighted by Crippen LogP contribution is -2.10. The van der Waals surface area contributed by atoms with E-state index in [1.54, 1.807) is 24.3 Å². The van der Waals surface area contributed by atoms with Crippen LogP contribution in [0.4, 0.5) is 0 Å². The highest BCUT2D eigenvalue weighted by Crippen LogP contribution is 2.27. The number of benzene rings is 2. The molecule has 1 heterocycles. The number of ether oxygens (including phenoxy) is 1. The molecule has 3 aromatic rings. The van der Waals surface area contributed by atoms with Crippen molar-refractivity contribution >= 4 is 16.7 Å². The molecule has 0 aliphatic carbocycles. The van der Waals surface area contributed by atoms with Crippen molar-refractivity contribution < 1.29 is 14.6 Å². The quantitative estimate of drug-likeness (QED) is 0.772. The molecule has 5 heteroatoms. The third-order valence-corrected chi connectivity index (χ3v) is 3.04. The predicted octanol–water partition coefficient (Wildman–Crippen LogP) is 2.83. The number of phenolic OH excluding ortho intramolecular Hbond substituents is 1. The summed E-state index contributed by atoms with van der Waals surface area (Å²) in [5.41, 5.74) is 5.55. The molecule has 0 aliphatic heterocycles. The van der Waals surface area contributed by atoms with Gasteiger partial charge < -0.3 is 15.6 Å². The molecule has 0 atom stereocenters. The Labute approximate surface area is 120 Å². The van der Waals surface area contributed by atoms with Crippen LogP contribution in [0, 0.1) is 0 Å². The Morgan fingerprint density at radius 2 is 1.86 bits per heavy atom. The van der Waals surface area contributed by atoms with E-state index in [1.165, 1.54) is 18.3 Å². The summed E-state index contributed by atoms with van der Waals surface area (Å²) >= 11 is 0. The van der Waals surface area contributed by atoms with Crippen molar-refractivity contribution in [3.05, 3.63) is 60.3 Å². The molecule has 0 spiro atoms. The van der Waals surface area contributed by atoms with Crippen molar-refractivity contribution in [2.24, 2.45) is 5.73 Å². The molecule has 0 radical (unpaired) electrons. The number of hydrogen-bond acceptors (Lipinski definition) is 4. The fourth-order valence-corrected chi connectivity index (χ4v) is 2.01. The van der Waals surface area contributed by atoms with Crippen LogP contribution in [0.15, 0.2) is 54.7 Å². The number of rotatable bonds is 3. The van der Waals surface area contributed by atoms with Crippen molar-refractivity contribution in [2.45, 2.75) is 0 Å². The van der Waals surface area contributed by atoms with Crippen LogP contribution < -0.4 is 10.5 Å². The van der Waals surface area contributed by atoms with Crippen LogP contribution in [0.3, 0.4) is 0 Å². The molecule has 1 aromatic heterocycles. The molecule has 0 unspecified atom stereocenters. The maximum Gasteiger partial charge on any atom is 0.248 e. The minimum atomic E-state index is -0.536. The number of aromatic nitrogens is 1. The number of primary amides is 1. The van der Waals surface area contributed by atoms with E-state index in [9.17, 15) is 9.90 Å². The van der Waals surface area contributed by atoms with Gasteiger partial charge >= 0.3 is 0 Å². The fraction of sp³-hybridized carbons (Fsp3) is 0. The van der Waals surface area contributed by atoms with Gasteiger partial charge in [0.05, 0.1) is 0 Å². The zero-order chi connectivity index (χ0) is 14.8. The zero-order valence-electron chi connectivity index (χ0n) is 11.0. The fourth-order valence-electron chi connectivity index (χ4n) is 2.01. The Kier molecular flexibility index (Phi) is 3.16. The number of aromatic hydroxyl groups is 1. The van der Waals surface area contributed by atoms with E-state index < -0.39 is 5.91 Å². The first kappa shape index (κ1) is 12.9. The third kappa shape index (κ3) is 2.76. The summed E-state index contributed by atoms with van der Waals surface area (Å²) < 4.78 is 5.62. The van der Waals surface area contributed by atoms with Crippen molar-refractivity contribution in [3.63, 3.8) is 0 Å². The van der Waals surface area contributed by atoms with Crippen molar-refractivity contribution in [1.29, 1.82) is 0 Å². The van der Waals surface area contributed by atoms with E-state index >= 15 is 0 Å². The summed E-state index contributed by atoms with van der Waals surface area (Å²) in [7, 11) is 0. The minimum absolute atomic E-state index is 0.188.